The molecule has 1 atom stereocenters. The first-order valence-corrected chi connectivity index (χ1v) is 13.9. The van der Waals surface area contributed by atoms with Crippen LogP contribution in [0.2, 0.25) is 0 Å². The van der Waals surface area contributed by atoms with E-state index >= 15 is 0 Å². The number of aliphatic carboxylic acids is 1. The van der Waals surface area contributed by atoms with Gasteiger partial charge in [-0.1, -0.05) is 27.7 Å². The maximum atomic E-state index is 11.8. The van der Waals surface area contributed by atoms with Gasteiger partial charge in [0.05, 0.1) is 46.1 Å². The molecule has 1 aromatic heterocycles. The summed E-state index contributed by atoms with van der Waals surface area (Å²) < 4.78 is 12.7. The van der Waals surface area contributed by atoms with Crippen molar-refractivity contribution in [3.63, 3.8) is 0 Å². The van der Waals surface area contributed by atoms with Crippen LogP contribution < -0.4 is 5.48 Å². The third kappa shape index (κ3) is 9.05. The predicted octanol–water partition coefficient (Wildman–Crippen LogP) is 6.97. The third-order valence-corrected chi connectivity index (χ3v) is 8.85. The van der Waals surface area contributed by atoms with E-state index in [4.69, 9.17) is 19.7 Å². The van der Waals surface area contributed by atoms with Gasteiger partial charge in [0.15, 0.2) is 0 Å². The minimum absolute atomic E-state index is 0.00877. The number of hydroxylamine groups is 1. The average Bonchev–Trinajstić information content (AvgIpc) is 3.14. The molecular formula is C28H52N2O5S. The normalized spacial score (nSPS) is 15.7. The summed E-state index contributed by atoms with van der Waals surface area (Å²) in [4.78, 5) is 16.5. The lowest BCUT2D eigenvalue weighted by Crippen LogP contribution is -2.51. The van der Waals surface area contributed by atoms with Gasteiger partial charge in [-0.2, -0.15) is 5.48 Å². The second-order valence-electron chi connectivity index (χ2n) is 13.6. The van der Waals surface area contributed by atoms with Gasteiger partial charge in [0.1, 0.15) is 0 Å². The third-order valence-electron chi connectivity index (χ3n) is 7.65. The Morgan fingerprint density at radius 1 is 1.00 bits per heavy atom. The molecule has 0 amide bonds. The Labute approximate surface area is 223 Å². The molecule has 1 heterocycles. The number of thiazole rings is 1. The van der Waals surface area contributed by atoms with Gasteiger partial charge < -0.3 is 19.8 Å². The first-order valence-electron chi connectivity index (χ1n) is 13.0. The average molecular weight is 529 g/mol. The molecule has 0 bridgehead atoms. The Morgan fingerprint density at radius 3 is 2.08 bits per heavy atom. The predicted molar refractivity (Wildman–Crippen MR) is 147 cm³/mol. The molecule has 0 saturated carbocycles. The van der Waals surface area contributed by atoms with Crippen molar-refractivity contribution in [2.45, 2.75) is 138 Å². The standard InChI is InChI=1S/C28H52N2O5S/c1-13-28(12,21-30-20(16-29-33)17-36-21)19-23(2,3)18-25(6,7)34-15-14-24(4,5)35-27(10,11)26(8,9)22(31)32/h17,29,33H,13-16,18-19H2,1-12H3,(H,31,32). The summed E-state index contributed by atoms with van der Waals surface area (Å²) in [6, 6.07) is 0. The SMILES string of the molecule is CCC(C)(CC(C)(C)CC(C)(C)OCCC(C)(C)OC(C)(C)C(C)(C)C(=O)O)c1nc(CNO)cs1. The van der Waals surface area contributed by atoms with Gasteiger partial charge in [0.25, 0.3) is 0 Å². The highest BCUT2D eigenvalue weighted by atomic mass is 32.1. The molecule has 0 saturated heterocycles. The van der Waals surface area contributed by atoms with Gasteiger partial charge in [-0.15, -0.1) is 11.3 Å². The van der Waals surface area contributed by atoms with Crippen LogP contribution in [0.5, 0.6) is 0 Å². The molecule has 8 heteroatoms. The highest BCUT2D eigenvalue weighted by Gasteiger charge is 2.47. The number of nitrogens with one attached hydrogen (secondary N) is 1. The van der Waals surface area contributed by atoms with E-state index in [0.29, 0.717) is 19.6 Å². The van der Waals surface area contributed by atoms with Crippen LogP contribution in [0.1, 0.15) is 119 Å². The Morgan fingerprint density at radius 2 is 1.58 bits per heavy atom. The van der Waals surface area contributed by atoms with Crippen molar-refractivity contribution in [3.8, 4) is 0 Å². The van der Waals surface area contributed by atoms with Crippen LogP contribution in [-0.4, -0.2) is 44.7 Å². The minimum Gasteiger partial charge on any atom is -0.481 e. The second kappa shape index (κ2) is 11.8. The number of rotatable bonds is 16. The Kier molecular flexibility index (Phi) is 10.8. The highest BCUT2D eigenvalue weighted by Crippen LogP contribution is 2.45. The van der Waals surface area contributed by atoms with E-state index in [1.165, 1.54) is 0 Å². The van der Waals surface area contributed by atoms with Crippen LogP contribution >= 0.6 is 11.3 Å². The van der Waals surface area contributed by atoms with Crippen LogP contribution in [0, 0.1) is 10.8 Å². The fourth-order valence-corrected chi connectivity index (χ4v) is 6.18. The van der Waals surface area contributed by atoms with Gasteiger partial charge in [0, 0.05) is 10.8 Å². The molecule has 0 fully saturated rings. The van der Waals surface area contributed by atoms with E-state index in [2.05, 4.69) is 47.0 Å². The van der Waals surface area contributed by atoms with E-state index in [1.807, 2.05) is 33.1 Å². The molecule has 1 unspecified atom stereocenters. The number of carboxylic acid groups (broad SMARTS) is 1. The van der Waals surface area contributed by atoms with E-state index in [9.17, 15) is 9.90 Å². The Balaban J connectivity index is 2.79. The summed E-state index contributed by atoms with van der Waals surface area (Å²) in [6.45, 7) is 25.3. The van der Waals surface area contributed by atoms with Crippen molar-refractivity contribution in [1.82, 2.24) is 10.5 Å². The number of nitrogens with zero attached hydrogens (tertiary/aromatic N) is 1. The van der Waals surface area contributed by atoms with E-state index < -0.39 is 22.6 Å². The van der Waals surface area contributed by atoms with Crippen molar-refractivity contribution in [2.75, 3.05) is 6.61 Å². The zero-order valence-electron chi connectivity index (χ0n) is 24.8. The quantitative estimate of drug-likeness (QED) is 0.199. The molecule has 3 N–H and O–H groups in total. The lowest BCUT2D eigenvalue weighted by atomic mass is 9.69. The molecule has 0 aliphatic heterocycles. The van der Waals surface area contributed by atoms with Crippen molar-refractivity contribution in [2.24, 2.45) is 10.8 Å². The molecule has 210 valence electrons. The van der Waals surface area contributed by atoms with Crippen LogP contribution in [0.4, 0.5) is 0 Å². The second-order valence-corrected chi connectivity index (χ2v) is 14.4. The van der Waals surface area contributed by atoms with E-state index in [1.54, 1.807) is 25.2 Å². The molecule has 7 nitrogen and oxygen atoms in total. The summed E-state index contributed by atoms with van der Waals surface area (Å²) >= 11 is 1.66. The fourth-order valence-electron chi connectivity index (χ4n) is 5.12. The lowest BCUT2D eigenvalue weighted by molar-refractivity contribution is -0.198. The molecule has 0 radical (unpaired) electrons. The van der Waals surface area contributed by atoms with Gasteiger partial charge in [0.2, 0.25) is 0 Å². The summed E-state index contributed by atoms with van der Waals surface area (Å²) in [7, 11) is 0. The largest absolute Gasteiger partial charge is 0.481 e. The first kappa shape index (κ1) is 33.0. The topological polar surface area (TPSA) is 101 Å². The van der Waals surface area contributed by atoms with Crippen molar-refractivity contribution < 1.29 is 24.6 Å². The van der Waals surface area contributed by atoms with Gasteiger partial charge >= 0.3 is 5.97 Å². The van der Waals surface area contributed by atoms with Crippen molar-refractivity contribution in [1.29, 1.82) is 0 Å². The number of ether oxygens (including phenoxy) is 2. The summed E-state index contributed by atoms with van der Waals surface area (Å²) in [5.74, 6) is -0.874. The molecule has 0 spiro atoms. The monoisotopic (exact) mass is 528 g/mol. The zero-order valence-corrected chi connectivity index (χ0v) is 25.6. The summed E-state index contributed by atoms with van der Waals surface area (Å²) in [5, 5.41) is 21.8. The molecule has 1 aromatic rings. The van der Waals surface area contributed by atoms with Crippen LogP contribution in [0.25, 0.3) is 0 Å². The molecule has 36 heavy (non-hydrogen) atoms. The smallest absolute Gasteiger partial charge is 0.311 e. The minimum atomic E-state index is -1.02. The molecule has 1 rings (SSSR count). The van der Waals surface area contributed by atoms with Crippen LogP contribution in [-0.2, 0) is 26.2 Å². The Hall–Kier alpha value is -1.06. The highest BCUT2D eigenvalue weighted by molar-refractivity contribution is 7.09. The maximum absolute atomic E-state index is 11.8. The van der Waals surface area contributed by atoms with Gasteiger partial charge in [-0.25, -0.2) is 4.98 Å². The fraction of sp³-hybridized carbons (Fsp3) is 0.857. The molecule has 0 aromatic carbocycles. The Bertz CT molecular complexity index is 860. The lowest BCUT2D eigenvalue weighted by Gasteiger charge is -2.44. The number of carboxylic acids is 1. The summed E-state index contributed by atoms with van der Waals surface area (Å²) in [6.07, 6.45) is 3.48. The number of carbonyl (C=O) groups is 1. The van der Waals surface area contributed by atoms with Gasteiger partial charge in [-0.05, 0) is 86.5 Å². The van der Waals surface area contributed by atoms with E-state index in [-0.39, 0.29) is 16.4 Å². The van der Waals surface area contributed by atoms with Crippen molar-refractivity contribution >= 4 is 17.3 Å². The maximum Gasteiger partial charge on any atom is 0.311 e. The first-order chi connectivity index (χ1) is 16.1. The molecular weight excluding hydrogens is 476 g/mol. The van der Waals surface area contributed by atoms with Crippen LogP contribution in [0.3, 0.4) is 0 Å². The number of hydrogen-bond acceptors (Lipinski definition) is 7. The van der Waals surface area contributed by atoms with Crippen LogP contribution in [0.15, 0.2) is 5.38 Å². The molecule has 0 aliphatic rings. The zero-order chi connectivity index (χ0) is 28.2. The van der Waals surface area contributed by atoms with Gasteiger partial charge in [-0.3, -0.25) is 4.79 Å². The molecule has 0 aliphatic carbocycles. The number of aromatic nitrogens is 1. The van der Waals surface area contributed by atoms with Crippen molar-refractivity contribution in [3.05, 3.63) is 16.1 Å². The van der Waals surface area contributed by atoms with E-state index in [0.717, 1.165) is 30.0 Å². The number of hydrogen-bond donors (Lipinski definition) is 3. The summed E-state index contributed by atoms with van der Waals surface area (Å²) in [5.41, 5.74) is 0.274.